The van der Waals surface area contributed by atoms with Gasteiger partial charge in [-0.25, -0.2) is 4.57 Å². The number of quaternary nitrogens is 1. The molecule has 9 nitrogen and oxygen atoms in total. The van der Waals surface area contributed by atoms with E-state index in [0.29, 0.717) is 23.9 Å². The number of ether oxygens (including phenoxy) is 2. The predicted octanol–water partition coefficient (Wildman–Crippen LogP) is 11.1. The van der Waals surface area contributed by atoms with Crippen molar-refractivity contribution in [1.82, 2.24) is 0 Å². The van der Waals surface area contributed by atoms with E-state index in [2.05, 4.69) is 62.5 Å². The van der Waals surface area contributed by atoms with Gasteiger partial charge in [0.2, 0.25) is 0 Å². The van der Waals surface area contributed by atoms with Crippen molar-refractivity contribution in [3.63, 3.8) is 0 Å². The number of likely N-dealkylation sites (N-methyl/N-ethyl adjacent to an activating group) is 1. The van der Waals surface area contributed by atoms with E-state index in [1.165, 1.54) is 57.8 Å². The smallest absolute Gasteiger partial charge is 0.462 e. The van der Waals surface area contributed by atoms with Crippen LogP contribution in [0.3, 0.4) is 0 Å². The van der Waals surface area contributed by atoms with Gasteiger partial charge in [0.1, 0.15) is 19.8 Å². The molecule has 302 valence electrons. The minimum absolute atomic E-state index is 0.0255. The van der Waals surface area contributed by atoms with Crippen LogP contribution in [0.25, 0.3) is 0 Å². The van der Waals surface area contributed by atoms with E-state index >= 15 is 0 Å². The van der Waals surface area contributed by atoms with Gasteiger partial charge in [0.05, 0.1) is 27.7 Å². The van der Waals surface area contributed by atoms with Crippen LogP contribution in [-0.2, 0) is 32.7 Å². The number of carbonyl (C=O) groups excluding carboxylic acids is 2. The lowest BCUT2D eigenvalue weighted by Crippen LogP contribution is -2.37. The minimum Gasteiger partial charge on any atom is -0.462 e. The first-order valence-electron chi connectivity index (χ1n) is 20.4. The summed E-state index contributed by atoms with van der Waals surface area (Å²) in [6, 6.07) is 0. The quantitative estimate of drug-likeness (QED) is 0.0221. The van der Waals surface area contributed by atoms with E-state index in [1.807, 2.05) is 21.1 Å². The summed E-state index contributed by atoms with van der Waals surface area (Å²) in [6.07, 6.45) is 38.8. The number of phosphoric acid groups is 1. The molecular formula is C42H77NO8P+. The summed E-state index contributed by atoms with van der Waals surface area (Å²) >= 11 is 0. The average molecular weight is 755 g/mol. The van der Waals surface area contributed by atoms with Gasteiger partial charge in [-0.2, -0.15) is 0 Å². The van der Waals surface area contributed by atoms with E-state index in [0.717, 1.165) is 57.8 Å². The number of hydrogen-bond donors (Lipinski definition) is 1. The van der Waals surface area contributed by atoms with Crippen molar-refractivity contribution >= 4 is 19.8 Å². The van der Waals surface area contributed by atoms with E-state index in [-0.39, 0.29) is 26.1 Å². The number of phosphoric ester groups is 1. The fraction of sp³-hybridized carbons (Fsp3) is 0.762. The lowest BCUT2D eigenvalue weighted by Gasteiger charge is -2.24. The average Bonchev–Trinajstić information content (AvgIpc) is 3.09. The second kappa shape index (κ2) is 34.7. The van der Waals surface area contributed by atoms with Gasteiger partial charge in [0.25, 0.3) is 0 Å². The molecule has 0 aliphatic carbocycles. The van der Waals surface area contributed by atoms with Gasteiger partial charge >= 0.3 is 19.8 Å². The Bertz CT molecular complexity index is 1030. The largest absolute Gasteiger partial charge is 0.472 e. The first kappa shape index (κ1) is 50.0. The highest BCUT2D eigenvalue weighted by molar-refractivity contribution is 7.47. The van der Waals surface area contributed by atoms with Crippen LogP contribution < -0.4 is 0 Å². The summed E-state index contributed by atoms with van der Waals surface area (Å²) < 4.78 is 34.1. The highest BCUT2D eigenvalue weighted by Crippen LogP contribution is 2.43. The summed E-state index contributed by atoms with van der Waals surface area (Å²) in [5.41, 5.74) is 0. The van der Waals surface area contributed by atoms with Crippen LogP contribution in [0.1, 0.15) is 155 Å². The number of esters is 2. The summed E-state index contributed by atoms with van der Waals surface area (Å²) in [7, 11) is 1.45. The topological polar surface area (TPSA) is 108 Å². The van der Waals surface area contributed by atoms with Crippen molar-refractivity contribution in [3.05, 3.63) is 48.6 Å². The molecule has 10 heteroatoms. The summed E-state index contributed by atoms with van der Waals surface area (Å²) in [6.45, 7) is 4.31. The van der Waals surface area contributed by atoms with Crippen LogP contribution in [-0.4, -0.2) is 74.9 Å². The minimum atomic E-state index is -4.37. The van der Waals surface area contributed by atoms with Crippen molar-refractivity contribution in [3.8, 4) is 0 Å². The second-order valence-electron chi connectivity index (χ2n) is 14.7. The van der Waals surface area contributed by atoms with Gasteiger partial charge in [-0.15, -0.1) is 0 Å². The fourth-order valence-electron chi connectivity index (χ4n) is 5.11. The van der Waals surface area contributed by atoms with Crippen LogP contribution in [0.5, 0.6) is 0 Å². The zero-order valence-electron chi connectivity index (χ0n) is 33.8. The summed E-state index contributed by atoms with van der Waals surface area (Å²) in [5.74, 6) is -0.841. The standard InChI is InChI=1S/C42H76NO8P/c1-6-8-10-12-14-16-17-18-19-20-21-22-23-24-25-27-28-30-32-34-41(44)48-38-40(39-50-52(46,47)49-37-36-43(3,4)5)51-42(45)35-33-31-29-26-15-13-11-9-7-2/h14,16,18-19,21-22,24-25,40H,6-13,15,17,20,23,26-39H2,1-5H3/p+1/b16-14-,19-18-,22-21-,25-24-/t40-/m1/s1. The number of carbonyl (C=O) groups is 2. The molecule has 0 rings (SSSR count). The molecule has 0 amide bonds. The van der Waals surface area contributed by atoms with E-state index in [1.54, 1.807) is 0 Å². The molecular weight excluding hydrogens is 677 g/mol. The van der Waals surface area contributed by atoms with E-state index < -0.39 is 32.5 Å². The zero-order chi connectivity index (χ0) is 38.6. The number of allylic oxidation sites excluding steroid dienone is 8. The Morgan fingerprint density at radius 1 is 0.596 bits per heavy atom. The van der Waals surface area contributed by atoms with Crippen LogP contribution in [0.2, 0.25) is 0 Å². The van der Waals surface area contributed by atoms with Gasteiger partial charge in [0, 0.05) is 12.8 Å². The van der Waals surface area contributed by atoms with Crippen molar-refractivity contribution in [1.29, 1.82) is 0 Å². The Labute approximate surface area is 318 Å². The Hall–Kier alpha value is -2.03. The van der Waals surface area contributed by atoms with Crippen molar-refractivity contribution in [2.45, 2.75) is 161 Å². The van der Waals surface area contributed by atoms with Gasteiger partial charge in [0.15, 0.2) is 6.10 Å². The van der Waals surface area contributed by atoms with Crippen molar-refractivity contribution < 1.29 is 42.1 Å². The van der Waals surface area contributed by atoms with Crippen molar-refractivity contribution in [2.75, 3.05) is 47.5 Å². The van der Waals surface area contributed by atoms with Crippen molar-refractivity contribution in [2.24, 2.45) is 0 Å². The molecule has 2 atom stereocenters. The maximum absolute atomic E-state index is 12.6. The molecule has 0 radical (unpaired) electrons. The first-order valence-corrected chi connectivity index (χ1v) is 21.9. The summed E-state index contributed by atoms with van der Waals surface area (Å²) in [4.78, 5) is 35.2. The summed E-state index contributed by atoms with van der Waals surface area (Å²) in [5, 5.41) is 0. The molecule has 0 aromatic heterocycles. The van der Waals surface area contributed by atoms with Crippen LogP contribution >= 0.6 is 7.82 Å². The lowest BCUT2D eigenvalue weighted by atomic mass is 10.1. The van der Waals surface area contributed by atoms with E-state index in [9.17, 15) is 19.0 Å². The number of unbranched alkanes of at least 4 members (excludes halogenated alkanes) is 14. The molecule has 0 saturated heterocycles. The molecule has 1 N–H and O–H groups in total. The normalized spacial score (nSPS) is 14.2. The molecule has 0 aliphatic heterocycles. The number of rotatable bonds is 36. The van der Waals surface area contributed by atoms with Crippen LogP contribution in [0.15, 0.2) is 48.6 Å². The highest BCUT2D eigenvalue weighted by Gasteiger charge is 2.27. The van der Waals surface area contributed by atoms with Gasteiger partial charge in [-0.05, 0) is 57.8 Å². The third-order valence-electron chi connectivity index (χ3n) is 8.36. The zero-order valence-corrected chi connectivity index (χ0v) is 34.7. The SMILES string of the molecule is CCCCC/C=C\C/C=C\C/C=C\C/C=C\CCCCCC(=O)OC[C@H](COP(=O)(O)OCC[N+](C)(C)C)OC(=O)CCCCCCCCCCC. The highest BCUT2D eigenvalue weighted by atomic mass is 31.2. The monoisotopic (exact) mass is 755 g/mol. The van der Waals surface area contributed by atoms with E-state index in [4.69, 9.17) is 18.5 Å². The second-order valence-corrected chi connectivity index (χ2v) is 16.1. The fourth-order valence-corrected chi connectivity index (χ4v) is 5.85. The molecule has 0 aliphatic rings. The van der Waals surface area contributed by atoms with Crippen LogP contribution in [0.4, 0.5) is 0 Å². The Morgan fingerprint density at radius 2 is 1.04 bits per heavy atom. The van der Waals surface area contributed by atoms with Gasteiger partial charge < -0.3 is 18.9 Å². The first-order chi connectivity index (χ1) is 25.0. The van der Waals surface area contributed by atoms with Gasteiger partial charge in [-0.1, -0.05) is 133 Å². The molecule has 1 unspecified atom stereocenters. The Balaban J connectivity index is 4.40. The molecule has 0 aromatic carbocycles. The molecule has 0 bridgehead atoms. The third-order valence-corrected chi connectivity index (χ3v) is 9.35. The maximum atomic E-state index is 12.6. The molecule has 0 heterocycles. The predicted molar refractivity (Wildman–Crippen MR) is 215 cm³/mol. The molecule has 0 saturated carbocycles. The molecule has 0 fully saturated rings. The molecule has 0 spiro atoms. The van der Waals surface area contributed by atoms with Gasteiger partial charge in [-0.3, -0.25) is 18.6 Å². The Morgan fingerprint density at radius 3 is 1.58 bits per heavy atom. The maximum Gasteiger partial charge on any atom is 0.472 e. The molecule has 52 heavy (non-hydrogen) atoms. The number of hydrogen-bond acceptors (Lipinski definition) is 7. The third kappa shape index (κ3) is 37.7. The number of nitrogens with zero attached hydrogens (tertiary/aromatic N) is 1. The Kier molecular flexibility index (Phi) is 33.4. The van der Waals surface area contributed by atoms with Crippen LogP contribution in [0, 0.1) is 0 Å². The molecule has 0 aromatic rings. The lowest BCUT2D eigenvalue weighted by molar-refractivity contribution is -0.870.